The molecule has 0 aliphatic heterocycles. The molecule has 0 fully saturated rings. The molecule has 30 heavy (non-hydrogen) atoms. The van der Waals surface area contributed by atoms with E-state index in [2.05, 4.69) is 18.4 Å². The Balaban J connectivity index is -0.00000107. The Kier molecular flexibility index (Phi) is 38.4. The number of hydrogen-bond acceptors (Lipinski definition) is 3. The summed E-state index contributed by atoms with van der Waals surface area (Å²) in [5.74, 6) is -0.651. The van der Waals surface area contributed by atoms with Crippen LogP contribution in [-0.4, -0.2) is 23.9 Å². The third-order valence-electron chi connectivity index (χ3n) is 4.99. The van der Waals surface area contributed by atoms with Crippen LogP contribution in [0, 0.1) is 0 Å². The minimum atomic E-state index is -0.651. The zero-order chi connectivity index (χ0) is 23.1. The van der Waals surface area contributed by atoms with Gasteiger partial charge in [0.05, 0.1) is 0 Å². The lowest BCUT2D eigenvalue weighted by atomic mass is 10.0. The van der Waals surface area contributed by atoms with Crippen molar-refractivity contribution in [1.82, 2.24) is 0 Å². The monoisotopic (exact) mass is 430 g/mol. The van der Waals surface area contributed by atoms with E-state index in [0.717, 1.165) is 12.8 Å². The quantitative estimate of drug-likeness (QED) is 0.159. The minimum Gasteiger partial charge on any atom is -0.481 e. The highest BCUT2D eigenvalue weighted by atomic mass is 16.4. The molecule has 2 amide bonds. The van der Waals surface area contributed by atoms with Crippen molar-refractivity contribution >= 4 is 18.8 Å². The molecule has 5 N–H and O–H groups in total. The summed E-state index contributed by atoms with van der Waals surface area (Å²) in [6.07, 6.45) is 26.6. The van der Waals surface area contributed by atoms with Gasteiger partial charge in [0.2, 0.25) is 12.8 Å². The average molecular weight is 431 g/mol. The van der Waals surface area contributed by atoms with E-state index in [0.29, 0.717) is 6.42 Å². The lowest BCUT2D eigenvalue weighted by Gasteiger charge is -2.03. The molecule has 6 nitrogen and oxygen atoms in total. The SMILES string of the molecule is CCCCCCCCCCCCCCCCCCCCCC(=O)O.NC=O.NC=O. The lowest BCUT2D eigenvalue weighted by Crippen LogP contribution is -1.93. The second kappa shape index (κ2) is 34.9. The number of hydrogen-bond donors (Lipinski definition) is 3. The number of carbonyl (C=O) groups excluding carboxylic acids is 2. The molecule has 0 aromatic carbocycles. The minimum absolute atomic E-state index is 0.250. The molecule has 0 aromatic rings. The van der Waals surface area contributed by atoms with Crippen molar-refractivity contribution in [3.63, 3.8) is 0 Å². The maximum absolute atomic E-state index is 10.4. The second-order valence-corrected chi connectivity index (χ2v) is 7.78. The van der Waals surface area contributed by atoms with Gasteiger partial charge >= 0.3 is 5.97 Å². The van der Waals surface area contributed by atoms with E-state index < -0.39 is 5.97 Å². The van der Waals surface area contributed by atoms with E-state index in [1.165, 1.54) is 109 Å². The van der Waals surface area contributed by atoms with Crippen LogP contribution in [0.25, 0.3) is 0 Å². The van der Waals surface area contributed by atoms with E-state index >= 15 is 0 Å². The number of aliphatic carboxylic acids is 1. The van der Waals surface area contributed by atoms with Crippen LogP contribution < -0.4 is 11.5 Å². The van der Waals surface area contributed by atoms with Gasteiger partial charge in [-0.25, -0.2) is 0 Å². The highest BCUT2D eigenvalue weighted by Gasteiger charge is 1.97. The Bertz CT molecular complexity index is 333. The molecule has 0 aliphatic rings. The number of nitrogens with two attached hydrogens (primary N) is 2. The summed E-state index contributed by atoms with van der Waals surface area (Å²) in [5.41, 5.74) is 8.33. The van der Waals surface area contributed by atoms with Gasteiger partial charge in [-0.05, 0) is 6.42 Å². The van der Waals surface area contributed by atoms with E-state index in [-0.39, 0.29) is 12.8 Å². The van der Waals surface area contributed by atoms with Crippen LogP contribution in [0.1, 0.15) is 135 Å². The Morgan fingerprint density at radius 3 is 0.967 bits per heavy atom. The summed E-state index contributed by atoms with van der Waals surface area (Å²) in [7, 11) is 0. The van der Waals surface area contributed by atoms with Gasteiger partial charge in [0.1, 0.15) is 0 Å². The Hall–Kier alpha value is -1.59. The lowest BCUT2D eigenvalue weighted by molar-refractivity contribution is -0.137. The molecule has 0 aromatic heterocycles. The Morgan fingerprint density at radius 2 is 0.767 bits per heavy atom. The molecule has 0 unspecified atom stereocenters. The zero-order valence-electron chi connectivity index (χ0n) is 19.6. The first-order valence-electron chi connectivity index (χ1n) is 12.1. The summed E-state index contributed by atoms with van der Waals surface area (Å²) in [4.78, 5) is 27.5. The summed E-state index contributed by atoms with van der Waals surface area (Å²) in [5, 5.41) is 8.56. The first-order valence-corrected chi connectivity index (χ1v) is 12.1. The zero-order valence-corrected chi connectivity index (χ0v) is 19.6. The van der Waals surface area contributed by atoms with Crippen LogP contribution in [0.15, 0.2) is 0 Å². The predicted octanol–water partition coefficient (Wildman–Crippen LogP) is 6.10. The van der Waals surface area contributed by atoms with E-state index in [4.69, 9.17) is 14.7 Å². The molecule has 0 atom stereocenters. The van der Waals surface area contributed by atoms with Crippen molar-refractivity contribution in [2.75, 3.05) is 0 Å². The summed E-state index contributed by atoms with van der Waals surface area (Å²) in [6, 6.07) is 0. The topological polar surface area (TPSA) is 123 Å². The molecular formula is C24H50N2O4. The van der Waals surface area contributed by atoms with Gasteiger partial charge in [-0.2, -0.15) is 0 Å². The van der Waals surface area contributed by atoms with Crippen molar-refractivity contribution in [2.24, 2.45) is 11.5 Å². The first-order chi connectivity index (χ1) is 14.6. The summed E-state index contributed by atoms with van der Waals surface area (Å²) >= 11 is 0. The molecule has 0 rings (SSSR count). The van der Waals surface area contributed by atoms with Crippen LogP contribution in [0.3, 0.4) is 0 Å². The van der Waals surface area contributed by atoms with Crippen LogP contribution in [0.5, 0.6) is 0 Å². The standard InChI is InChI=1S/C22H44O2.2CH3NO/c1-2-3-4-5-6-7-8-9-10-11-12-13-14-15-16-17-18-19-20-21-22(23)24;2*2-1-3/h2-21H2,1H3,(H,23,24);2*1H,(H2,2,3). The van der Waals surface area contributed by atoms with Crippen LogP contribution >= 0.6 is 0 Å². The van der Waals surface area contributed by atoms with Crippen LogP contribution in [-0.2, 0) is 14.4 Å². The number of carboxylic acids is 1. The fourth-order valence-corrected chi connectivity index (χ4v) is 3.35. The molecule has 0 radical (unpaired) electrons. The smallest absolute Gasteiger partial charge is 0.303 e. The van der Waals surface area contributed by atoms with Crippen LogP contribution in [0.4, 0.5) is 0 Å². The molecule has 0 bridgehead atoms. The number of unbranched alkanes of at least 4 members (excludes halogenated alkanes) is 18. The molecule has 6 heteroatoms. The highest BCUT2D eigenvalue weighted by Crippen LogP contribution is 2.14. The molecule has 0 spiro atoms. The fraction of sp³-hybridized carbons (Fsp3) is 0.875. The van der Waals surface area contributed by atoms with Crippen molar-refractivity contribution in [3.05, 3.63) is 0 Å². The number of carboxylic acid groups (broad SMARTS) is 1. The van der Waals surface area contributed by atoms with Gasteiger partial charge < -0.3 is 16.6 Å². The first kappa shape index (κ1) is 33.1. The van der Waals surface area contributed by atoms with Gasteiger partial charge in [-0.1, -0.05) is 122 Å². The highest BCUT2D eigenvalue weighted by molar-refractivity contribution is 5.66. The summed E-state index contributed by atoms with van der Waals surface area (Å²) in [6.45, 7) is 2.28. The maximum Gasteiger partial charge on any atom is 0.303 e. The van der Waals surface area contributed by atoms with E-state index in [9.17, 15) is 4.79 Å². The third-order valence-corrected chi connectivity index (χ3v) is 4.99. The number of carbonyl (C=O) groups is 3. The Labute approximate surface area is 185 Å². The normalized spacial score (nSPS) is 9.63. The van der Waals surface area contributed by atoms with Crippen molar-refractivity contribution < 1.29 is 19.5 Å². The average Bonchev–Trinajstić information content (AvgIpc) is 2.71. The number of amides is 2. The van der Waals surface area contributed by atoms with Gasteiger partial charge in [-0.3, -0.25) is 14.4 Å². The summed E-state index contributed by atoms with van der Waals surface area (Å²) < 4.78 is 0. The second-order valence-electron chi connectivity index (χ2n) is 7.78. The molecule has 0 saturated carbocycles. The largest absolute Gasteiger partial charge is 0.481 e. The Morgan fingerprint density at radius 1 is 0.567 bits per heavy atom. The van der Waals surface area contributed by atoms with Crippen LogP contribution in [0.2, 0.25) is 0 Å². The molecule has 180 valence electrons. The number of rotatable bonds is 20. The van der Waals surface area contributed by atoms with Gasteiger partial charge in [0, 0.05) is 6.42 Å². The van der Waals surface area contributed by atoms with E-state index in [1.54, 1.807) is 0 Å². The van der Waals surface area contributed by atoms with E-state index in [1.807, 2.05) is 0 Å². The van der Waals surface area contributed by atoms with Gasteiger partial charge in [-0.15, -0.1) is 0 Å². The predicted molar refractivity (Wildman–Crippen MR) is 126 cm³/mol. The molecular weight excluding hydrogens is 380 g/mol. The van der Waals surface area contributed by atoms with Crippen molar-refractivity contribution in [3.8, 4) is 0 Å². The molecule has 0 heterocycles. The van der Waals surface area contributed by atoms with Gasteiger partial charge in [0.25, 0.3) is 0 Å². The molecule has 0 aliphatic carbocycles. The van der Waals surface area contributed by atoms with Gasteiger partial charge in [0.15, 0.2) is 0 Å². The fourth-order valence-electron chi connectivity index (χ4n) is 3.35. The van der Waals surface area contributed by atoms with Crippen molar-refractivity contribution in [2.45, 2.75) is 135 Å². The maximum atomic E-state index is 10.4. The molecule has 0 saturated heterocycles. The number of primary amides is 2. The third kappa shape index (κ3) is 45.3. The van der Waals surface area contributed by atoms with Crippen molar-refractivity contribution in [1.29, 1.82) is 0 Å².